The minimum Gasteiger partial charge on any atom is -0.389 e. The first-order valence-electron chi connectivity index (χ1n) is 5.95. The van der Waals surface area contributed by atoms with Crippen LogP contribution in [0, 0.1) is 11.8 Å². The lowest BCUT2D eigenvalue weighted by Crippen LogP contribution is -2.47. The maximum Gasteiger partial charge on any atom is 0.0768 e. The molecule has 1 N–H and O–H groups in total. The summed E-state index contributed by atoms with van der Waals surface area (Å²) in [6, 6.07) is 0.783. The number of rotatable bonds is 3. The Hall–Kier alpha value is -0.0800. The van der Waals surface area contributed by atoms with Gasteiger partial charge in [0.2, 0.25) is 0 Å². The van der Waals surface area contributed by atoms with Crippen molar-refractivity contribution in [2.75, 3.05) is 13.1 Å². The summed E-state index contributed by atoms with van der Waals surface area (Å²) in [6.45, 7) is 8.28. The number of nitrogens with zero attached hydrogens (tertiary/aromatic N) is 1. The summed E-state index contributed by atoms with van der Waals surface area (Å²) in [5, 5.41) is 10.2. The predicted molar refractivity (Wildman–Crippen MR) is 58.2 cm³/mol. The van der Waals surface area contributed by atoms with E-state index < -0.39 is 5.60 Å². The zero-order valence-corrected chi connectivity index (χ0v) is 9.66. The first kappa shape index (κ1) is 10.4. The fourth-order valence-electron chi connectivity index (χ4n) is 2.81. The van der Waals surface area contributed by atoms with Crippen LogP contribution in [0.3, 0.4) is 0 Å². The monoisotopic (exact) mass is 197 g/mol. The zero-order valence-electron chi connectivity index (χ0n) is 9.66. The minimum atomic E-state index is -0.509. The number of aliphatic hydroxyl groups is 1. The average Bonchev–Trinajstić information content (AvgIpc) is 2.63. The highest BCUT2D eigenvalue weighted by molar-refractivity contribution is 4.95. The number of piperidine rings is 1. The Bertz CT molecular complexity index is 212. The van der Waals surface area contributed by atoms with Gasteiger partial charge in [-0.15, -0.1) is 0 Å². The second-order valence-corrected chi connectivity index (χ2v) is 5.77. The smallest absolute Gasteiger partial charge is 0.0768 e. The molecule has 0 aromatic carbocycles. The van der Waals surface area contributed by atoms with E-state index in [1.807, 2.05) is 6.92 Å². The number of fused-ring (bicyclic) bond motifs is 2. The molecular weight excluding hydrogens is 174 g/mol. The van der Waals surface area contributed by atoms with Crippen LogP contribution in [-0.2, 0) is 0 Å². The van der Waals surface area contributed by atoms with E-state index in [1.54, 1.807) is 0 Å². The molecule has 0 aromatic heterocycles. The third kappa shape index (κ3) is 1.82. The quantitative estimate of drug-likeness (QED) is 0.746. The molecular formula is C12H23NO. The van der Waals surface area contributed by atoms with Crippen LogP contribution in [0.4, 0.5) is 0 Å². The molecule has 82 valence electrons. The van der Waals surface area contributed by atoms with Gasteiger partial charge in [0.05, 0.1) is 5.60 Å². The number of hydrogen-bond acceptors (Lipinski definition) is 2. The van der Waals surface area contributed by atoms with Crippen molar-refractivity contribution in [3.8, 4) is 0 Å². The summed E-state index contributed by atoms with van der Waals surface area (Å²) in [5.74, 6) is 1.28. The molecule has 1 aliphatic carbocycles. The number of hydrogen-bond donors (Lipinski definition) is 1. The first-order valence-corrected chi connectivity index (χ1v) is 5.95. The number of likely N-dealkylation sites (tertiary alicyclic amines) is 1. The second-order valence-electron chi connectivity index (χ2n) is 5.77. The van der Waals surface area contributed by atoms with E-state index in [4.69, 9.17) is 0 Å². The molecule has 0 aromatic rings. The van der Waals surface area contributed by atoms with Crippen LogP contribution in [-0.4, -0.2) is 34.7 Å². The van der Waals surface area contributed by atoms with Gasteiger partial charge < -0.3 is 5.11 Å². The lowest BCUT2D eigenvalue weighted by Gasteiger charge is -2.36. The molecule has 14 heavy (non-hydrogen) atoms. The molecule has 1 saturated carbocycles. The molecule has 1 saturated heterocycles. The molecule has 3 atom stereocenters. The van der Waals surface area contributed by atoms with Gasteiger partial charge in [-0.25, -0.2) is 0 Å². The van der Waals surface area contributed by atoms with E-state index >= 15 is 0 Å². The highest BCUT2D eigenvalue weighted by Crippen LogP contribution is 2.38. The van der Waals surface area contributed by atoms with E-state index in [9.17, 15) is 5.11 Å². The molecule has 0 spiro atoms. The highest BCUT2D eigenvalue weighted by Gasteiger charge is 2.40. The van der Waals surface area contributed by atoms with Gasteiger partial charge in [-0.1, -0.05) is 13.8 Å². The van der Waals surface area contributed by atoms with Crippen LogP contribution in [0.15, 0.2) is 0 Å². The van der Waals surface area contributed by atoms with Crippen molar-refractivity contribution in [3.05, 3.63) is 0 Å². The van der Waals surface area contributed by atoms with E-state index in [0.29, 0.717) is 5.92 Å². The Morgan fingerprint density at radius 2 is 2.14 bits per heavy atom. The number of β-amino-alcohol motifs (C(OH)–C–C–N with tert-alkyl or cyclic N) is 1. The van der Waals surface area contributed by atoms with Gasteiger partial charge in [-0.3, -0.25) is 4.90 Å². The Balaban J connectivity index is 1.92. The fraction of sp³-hybridized carbons (Fsp3) is 1.00. The van der Waals surface area contributed by atoms with Crippen molar-refractivity contribution in [3.63, 3.8) is 0 Å². The molecule has 0 amide bonds. The van der Waals surface area contributed by atoms with Gasteiger partial charge in [-0.2, -0.15) is 0 Å². The van der Waals surface area contributed by atoms with Gasteiger partial charge in [-0.05, 0) is 38.0 Å². The third-order valence-corrected chi connectivity index (χ3v) is 4.29. The molecule has 2 rings (SSSR count). The summed E-state index contributed by atoms with van der Waals surface area (Å²) in [7, 11) is 0. The lowest BCUT2D eigenvalue weighted by molar-refractivity contribution is -0.0256. The summed E-state index contributed by atoms with van der Waals surface area (Å²) >= 11 is 0. The van der Waals surface area contributed by atoms with E-state index in [0.717, 1.165) is 18.5 Å². The van der Waals surface area contributed by atoms with Crippen LogP contribution < -0.4 is 0 Å². The minimum absolute atomic E-state index is 0.349. The molecule has 2 heteroatoms. The van der Waals surface area contributed by atoms with Gasteiger partial charge in [0, 0.05) is 19.1 Å². The third-order valence-electron chi connectivity index (χ3n) is 4.29. The van der Waals surface area contributed by atoms with E-state index in [1.165, 1.54) is 25.8 Å². The Kier molecular flexibility index (Phi) is 2.61. The van der Waals surface area contributed by atoms with Gasteiger partial charge in [0.1, 0.15) is 0 Å². The van der Waals surface area contributed by atoms with E-state index in [-0.39, 0.29) is 0 Å². The van der Waals surface area contributed by atoms with Crippen LogP contribution >= 0.6 is 0 Å². The summed E-state index contributed by atoms with van der Waals surface area (Å²) < 4.78 is 0. The normalized spacial score (nSPS) is 36.6. The predicted octanol–water partition coefficient (Wildman–Crippen LogP) is 1.88. The first-order chi connectivity index (χ1) is 6.49. The van der Waals surface area contributed by atoms with Crippen molar-refractivity contribution in [1.82, 2.24) is 4.90 Å². The maximum absolute atomic E-state index is 10.2. The molecule has 3 unspecified atom stereocenters. The van der Waals surface area contributed by atoms with Crippen molar-refractivity contribution in [2.24, 2.45) is 11.8 Å². The second kappa shape index (κ2) is 3.49. The Morgan fingerprint density at radius 3 is 2.57 bits per heavy atom. The Morgan fingerprint density at radius 1 is 1.43 bits per heavy atom. The fourth-order valence-corrected chi connectivity index (χ4v) is 2.81. The molecule has 2 bridgehead atoms. The highest BCUT2D eigenvalue weighted by atomic mass is 16.3. The van der Waals surface area contributed by atoms with Gasteiger partial charge in [0.15, 0.2) is 0 Å². The molecule has 2 fully saturated rings. The maximum atomic E-state index is 10.2. The topological polar surface area (TPSA) is 23.5 Å². The average molecular weight is 197 g/mol. The van der Waals surface area contributed by atoms with Crippen molar-refractivity contribution in [2.45, 2.75) is 51.7 Å². The van der Waals surface area contributed by atoms with Crippen LogP contribution in [0.5, 0.6) is 0 Å². The summed E-state index contributed by atoms with van der Waals surface area (Å²) in [6.07, 6.45) is 4.16. The molecule has 1 aliphatic heterocycles. The molecule has 1 heterocycles. The SMILES string of the molecule is CC(C)C(C)(O)CN1CC2CCC1C2. The largest absolute Gasteiger partial charge is 0.389 e. The van der Waals surface area contributed by atoms with Crippen LogP contribution in [0.2, 0.25) is 0 Å². The van der Waals surface area contributed by atoms with Gasteiger partial charge in [0.25, 0.3) is 0 Å². The lowest BCUT2D eigenvalue weighted by atomic mass is 9.91. The van der Waals surface area contributed by atoms with E-state index in [2.05, 4.69) is 18.7 Å². The molecule has 2 nitrogen and oxygen atoms in total. The molecule has 2 aliphatic rings. The standard InChI is InChI=1S/C12H23NO/c1-9(2)12(3,14)8-13-7-10-4-5-11(13)6-10/h9-11,14H,4-8H2,1-3H3. The van der Waals surface area contributed by atoms with Crippen LogP contribution in [0.1, 0.15) is 40.0 Å². The van der Waals surface area contributed by atoms with Gasteiger partial charge >= 0.3 is 0 Å². The summed E-state index contributed by atoms with van der Waals surface area (Å²) in [5.41, 5.74) is -0.509. The van der Waals surface area contributed by atoms with Crippen LogP contribution in [0.25, 0.3) is 0 Å². The van der Waals surface area contributed by atoms with Crippen molar-refractivity contribution >= 4 is 0 Å². The van der Waals surface area contributed by atoms with Crippen molar-refractivity contribution in [1.29, 1.82) is 0 Å². The zero-order chi connectivity index (χ0) is 10.3. The summed E-state index contributed by atoms with van der Waals surface area (Å²) in [4.78, 5) is 2.51. The molecule has 0 radical (unpaired) electrons. The Labute approximate surface area is 87.3 Å². The van der Waals surface area contributed by atoms with Crippen molar-refractivity contribution < 1.29 is 5.11 Å².